The number of nitro benzene ring substituents is 1. The zero-order valence-electron chi connectivity index (χ0n) is 16.5. The summed E-state index contributed by atoms with van der Waals surface area (Å²) in [6, 6.07) is 15.0. The summed E-state index contributed by atoms with van der Waals surface area (Å²) in [6.07, 6.45) is 0.432. The number of halogens is 1. The molecule has 0 spiro atoms. The number of amides is 1. The molecule has 0 aliphatic carbocycles. The summed E-state index contributed by atoms with van der Waals surface area (Å²) >= 11 is 5.93. The Bertz CT molecular complexity index is 1040. The quantitative estimate of drug-likeness (QED) is 0.325. The van der Waals surface area contributed by atoms with E-state index in [1.54, 1.807) is 26.0 Å². The molecule has 0 fully saturated rings. The molecule has 156 valence electrons. The van der Waals surface area contributed by atoms with Crippen LogP contribution in [0.15, 0.2) is 59.1 Å². The predicted molar refractivity (Wildman–Crippen MR) is 112 cm³/mol. The number of nitrogens with zero attached hydrogens (tertiary/aromatic N) is 3. The Morgan fingerprint density at radius 2 is 1.97 bits per heavy atom. The minimum Gasteiger partial charge on any atom is -0.343 e. The molecule has 1 aromatic heterocycles. The summed E-state index contributed by atoms with van der Waals surface area (Å²) < 4.78 is 5.42. The van der Waals surface area contributed by atoms with E-state index in [0.717, 1.165) is 5.56 Å². The van der Waals surface area contributed by atoms with Gasteiger partial charge in [-0.15, -0.1) is 11.6 Å². The molecule has 0 saturated carbocycles. The molecule has 0 saturated heterocycles. The molecular formula is C21H21ClN4O4. The molecule has 3 aromatic rings. The van der Waals surface area contributed by atoms with Crippen molar-refractivity contribution in [2.45, 2.75) is 26.3 Å². The van der Waals surface area contributed by atoms with Crippen LogP contribution in [0.5, 0.6) is 0 Å². The first-order valence-electron chi connectivity index (χ1n) is 9.29. The number of hydrogen-bond donors (Lipinski definition) is 1. The number of benzene rings is 2. The number of nitro groups is 1. The van der Waals surface area contributed by atoms with Gasteiger partial charge in [-0.3, -0.25) is 14.9 Å². The number of rotatable bonds is 8. The lowest BCUT2D eigenvalue weighted by molar-refractivity contribution is -0.384. The average molecular weight is 429 g/mol. The highest BCUT2D eigenvalue weighted by Gasteiger charge is 2.31. The number of alkyl halides is 1. The van der Waals surface area contributed by atoms with E-state index in [1.807, 2.05) is 30.3 Å². The maximum absolute atomic E-state index is 12.7. The fourth-order valence-corrected chi connectivity index (χ4v) is 2.84. The first-order chi connectivity index (χ1) is 14.3. The van der Waals surface area contributed by atoms with Crippen molar-refractivity contribution in [1.29, 1.82) is 0 Å². The van der Waals surface area contributed by atoms with Gasteiger partial charge in [-0.1, -0.05) is 47.6 Å². The predicted octanol–water partition coefficient (Wildman–Crippen LogP) is 4.31. The highest BCUT2D eigenvalue weighted by molar-refractivity contribution is 6.19. The lowest BCUT2D eigenvalue weighted by atomic mass is 9.94. The van der Waals surface area contributed by atoms with Crippen molar-refractivity contribution < 1.29 is 14.2 Å². The van der Waals surface area contributed by atoms with Crippen molar-refractivity contribution in [3.05, 3.63) is 76.2 Å². The molecule has 3 rings (SSSR count). The summed E-state index contributed by atoms with van der Waals surface area (Å²) in [5.74, 6) is 0.324. The van der Waals surface area contributed by atoms with Gasteiger partial charge in [0.1, 0.15) is 6.04 Å². The molecular weight excluding hydrogens is 408 g/mol. The van der Waals surface area contributed by atoms with Gasteiger partial charge in [-0.05, 0) is 19.4 Å². The molecule has 0 bridgehead atoms. The van der Waals surface area contributed by atoms with Crippen molar-refractivity contribution in [1.82, 2.24) is 15.5 Å². The number of hydrogen-bond acceptors (Lipinski definition) is 6. The maximum atomic E-state index is 12.7. The molecule has 1 unspecified atom stereocenters. The average Bonchev–Trinajstić information content (AvgIpc) is 3.24. The molecule has 30 heavy (non-hydrogen) atoms. The standard InChI is InChI=1S/C21H21ClN4O4/c1-21(2,13-22)20(27)23-17(11-14-7-4-3-5-8-14)19-24-18(25-30-19)15-9-6-10-16(12-15)26(28)29/h3-10,12,17H,11,13H2,1-2H3,(H,23,27). The first-order valence-corrected chi connectivity index (χ1v) is 9.83. The van der Waals surface area contributed by atoms with E-state index in [1.165, 1.54) is 12.1 Å². The molecule has 1 atom stereocenters. The summed E-state index contributed by atoms with van der Waals surface area (Å²) in [6.45, 7) is 3.49. The summed E-state index contributed by atoms with van der Waals surface area (Å²) in [7, 11) is 0. The number of carbonyl (C=O) groups is 1. The fraction of sp³-hybridized carbons (Fsp3) is 0.286. The maximum Gasteiger partial charge on any atom is 0.270 e. The molecule has 0 aliphatic rings. The van der Waals surface area contributed by atoms with E-state index in [0.29, 0.717) is 12.0 Å². The Morgan fingerprint density at radius 3 is 2.63 bits per heavy atom. The van der Waals surface area contributed by atoms with E-state index < -0.39 is 16.4 Å². The van der Waals surface area contributed by atoms with Gasteiger partial charge < -0.3 is 9.84 Å². The van der Waals surface area contributed by atoms with Gasteiger partial charge in [0.15, 0.2) is 0 Å². The van der Waals surface area contributed by atoms with Crippen LogP contribution in [-0.4, -0.2) is 26.9 Å². The van der Waals surface area contributed by atoms with Gasteiger partial charge in [0.05, 0.1) is 10.3 Å². The van der Waals surface area contributed by atoms with E-state index in [4.69, 9.17) is 16.1 Å². The topological polar surface area (TPSA) is 111 Å². The zero-order valence-corrected chi connectivity index (χ0v) is 17.3. The Morgan fingerprint density at radius 1 is 1.23 bits per heavy atom. The van der Waals surface area contributed by atoms with Gasteiger partial charge in [0.25, 0.3) is 5.69 Å². The fourth-order valence-electron chi connectivity index (χ4n) is 2.72. The molecule has 8 nitrogen and oxygen atoms in total. The second-order valence-electron chi connectivity index (χ2n) is 7.50. The largest absolute Gasteiger partial charge is 0.343 e. The molecule has 0 radical (unpaired) electrons. The third kappa shape index (κ3) is 5.01. The lowest BCUT2D eigenvalue weighted by Gasteiger charge is -2.24. The summed E-state index contributed by atoms with van der Waals surface area (Å²) in [5, 5.41) is 17.9. The van der Waals surface area contributed by atoms with Crippen LogP contribution < -0.4 is 5.32 Å². The summed E-state index contributed by atoms with van der Waals surface area (Å²) in [5.41, 5.74) is 0.572. The second-order valence-corrected chi connectivity index (χ2v) is 7.76. The number of nitrogens with one attached hydrogen (secondary N) is 1. The SMILES string of the molecule is CC(C)(CCl)C(=O)NC(Cc1ccccc1)c1nc(-c2cccc([N+](=O)[O-])c2)no1. The smallest absolute Gasteiger partial charge is 0.270 e. The Balaban J connectivity index is 1.91. The Kier molecular flexibility index (Phi) is 6.47. The minimum atomic E-state index is -0.778. The van der Waals surface area contributed by atoms with Gasteiger partial charge in [0.2, 0.25) is 17.6 Å². The summed E-state index contributed by atoms with van der Waals surface area (Å²) in [4.78, 5) is 27.6. The Hall–Kier alpha value is -3.26. The van der Waals surface area contributed by atoms with Crippen molar-refractivity contribution in [3.8, 4) is 11.4 Å². The van der Waals surface area contributed by atoms with Crippen LogP contribution in [0.2, 0.25) is 0 Å². The van der Waals surface area contributed by atoms with Crippen molar-refractivity contribution in [3.63, 3.8) is 0 Å². The third-order valence-corrected chi connectivity index (χ3v) is 5.26. The molecule has 2 aromatic carbocycles. The monoisotopic (exact) mass is 428 g/mol. The number of aromatic nitrogens is 2. The molecule has 1 amide bonds. The van der Waals surface area contributed by atoms with Crippen LogP contribution >= 0.6 is 11.6 Å². The van der Waals surface area contributed by atoms with Gasteiger partial charge >= 0.3 is 0 Å². The van der Waals surface area contributed by atoms with Gasteiger partial charge in [-0.25, -0.2) is 0 Å². The van der Waals surface area contributed by atoms with Crippen molar-refractivity contribution in [2.75, 3.05) is 5.88 Å². The highest BCUT2D eigenvalue weighted by Crippen LogP contribution is 2.26. The third-order valence-electron chi connectivity index (χ3n) is 4.59. The van der Waals surface area contributed by atoms with Crippen LogP contribution in [0, 0.1) is 15.5 Å². The molecule has 9 heteroatoms. The second kappa shape index (κ2) is 9.04. The molecule has 1 heterocycles. The van der Waals surface area contributed by atoms with Crippen LogP contribution in [0.3, 0.4) is 0 Å². The minimum absolute atomic E-state index is 0.0724. The van der Waals surface area contributed by atoms with Crippen molar-refractivity contribution >= 4 is 23.2 Å². The highest BCUT2D eigenvalue weighted by atomic mass is 35.5. The number of carbonyl (C=O) groups excluding carboxylic acids is 1. The molecule has 1 N–H and O–H groups in total. The zero-order chi connectivity index (χ0) is 21.7. The molecule has 0 aliphatic heterocycles. The van der Waals surface area contributed by atoms with Crippen LogP contribution in [0.25, 0.3) is 11.4 Å². The van der Waals surface area contributed by atoms with Gasteiger partial charge in [-0.2, -0.15) is 4.98 Å². The van der Waals surface area contributed by atoms with Crippen LogP contribution in [0.4, 0.5) is 5.69 Å². The van der Waals surface area contributed by atoms with Crippen molar-refractivity contribution in [2.24, 2.45) is 5.41 Å². The van der Waals surface area contributed by atoms with E-state index in [9.17, 15) is 14.9 Å². The first kappa shape index (κ1) is 21.4. The van der Waals surface area contributed by atoms with E-state index in [2.05, 4.69) is 15.5 Å². The van der Waals surface area contributed by atoms with Gasteiger partial charge in [0, 0.05) is 30.0 Å². The van der Waals surface area contributed by atoms with Crippen LogP contribution in [-0.2, 0) is 11.2 Å². The van der Waals surface area contributed by atoms with E-state index >= 15 is 0 Å². The lowest BCUT2D eigenvalue weighted by Crippen LogP contribution is -2.41. The van der Waals surface area contributed by atoms with E-state index in [-0.39, 0.29) is 29.2 Å². The number of non-ortho nitro benzene ring substituents is 1. The van der Waals surface area contributed by atoms with Crippen LogP contribution in [0.1, 0.15) is 31.3 Å². The normalized spacial score (nSPS) is 12.4. The Labute approximate surface area is 178 Å².